The van der Waals surface area contributed by atoms with Crippen LogP contribution in [0.4, 0.5) is 26.3 Å². The first-order valence-corrected chi connectivity index (χ1v) is 20.5. The molecule has 0 radical (unpaired) electrons. The van der Waals surface area contributed by atoms with Crippen molar-refractivity contribution in [3.05, 3.63) is 115 Å². The topological polar surface area (TPSA) is 24.7 Å². The van der Waals surface area contributed by atoms with Crippen LogP contribution < -0.4 is 20.7 Å². The number of nitrogens with zero attached hydrogens (tertiary/aromatic N) is 2. The van der Waals surface area contributed by atoms with Gasteiger partial charge in [0.15, 0.2) is 0 Å². The summed E-state index contributed by atoms with van der Waals surface area (Å²) in [6.45, 7) is 20.8. The molecule has 5 rings (SSSR count). The lowest BCUT2D eigenvalue weighted by atomic mass is 10.1. The Kier molecular flexibility index (Phi) is 9.35. The zero-order chi connectivity index (χ0) is 37.5. The Morgan fingerprint density at radius 3 is 0.760 bits per heavy atom. The van der Waals surface area contributed by atoms with E-state index in [1.807, 2.05) is 38.1 Å². The maximum absolute atomic E-state index is 16.5. The van der Waals surface area contributed by atoms with Gasteiger partial charge in [-0.05, 0) is 126 Å². The van der Waals surface area contributed by atoms with Crippen LogP contribution in [0.15, 0.2) is 57.8 Å². The van der Waals surface area contributed by atoms with Crippen molar-refractivity contribution in [3.8, 4) is 0 Å². The van der Waals surface area contributed by atoms with Crippen molar-refractivity contribution in [2.24, 2.45) is 9.32 Å². The van der Waals surface area contributed by atoms with Crippen LogP contribution in [0.1, 0.15) is 66.8 Å². The largest absolute Gasteiger partial charge is 0.425 e. The fraction of sp³-hybridized carbons (Fsp3) is 0.350. The molecule has 0 unspecified atom stereocenters. The number of aryl methyl sites for hydroxylation is 12. The van der Waals surface area contributed by atoms with Crippen LogP contribution in [0.2, 0.25) is 0 Å². The molecule has 50 heavy (non-hydrogen) atoms. The molecule has 1 heterocycles. The van der Waals surface area contributed by atoms with Crippen LogP contribution in [-0.2, 0) is 0 Å². The normalized spacial score (nSPS) is 16.0. The van der Waals surface area contributed by atoms with Crippen molar-refractivity contribution in [2.75, 3.05) is 0 Å². The first kappa shape index (κ1) is 37.5. The second-order valence-electron chi connectivity index (χ2n) is 14.4. The van der Waals surface area contributed by atoms with Gasteiger partial charge in [-0.1, -0.05) is 93.0 Å². The summed E-state index contributed by atoms with van der Waals surface area (Å²) in [5.41, 5.74) is 6.94. The molecule has 2 nitrogen and oxygen atoms in total. The third-order valence-corrected chi connectivity index (χ3v) is 19.8. The third kappa shape index (κ3) is 5.91. The molecule has 0 amide bonds. The first-order valence-electron chi connectivity index (χ1n) is 16.6. The van der Waals surface area contributed by atoms with Crippen molar-refractivity contribution < 1.29 is 26.3 Å². The zero-order valence-corrected chi connectivity index (χ0v) is 32.8. The van der Waals surface area contributed by atoms with Gasteiger partial charge in [0.2, 0.25) is 8.07 Å². The molecule has 0 atom stereocenters. The second-order valence-corrected chi connectivity index (χ2v) is 20.7. The van der Waals surface area contributed by atoms with Crippen LogP contribution in [0.25, 0.3) is 0 Å². The van der Waals surface area contributed by atoms with Crippen molar-refractivity contribution in [1.82, 2.24) is 0 Å². The fourth-order valence-corrected chi connectivity index (χ4v) is 20.5. The summed E-state index contributed by atoms with van der Waals surface area (Å²) in [5, 5.41) is -1.88. The number of benzene rings is 4. The molecule has 0 aliphatic carbocycles. The molecule has 0 saturated heterocycles. The molecule has 0 fully saturated rings. The average Bonchev–Trinajstić information content (AvgIpc) is 2.90. The Morgan fingerprint density at radius 1 is 0.360 bits per heavy atom. The van der Waals surface area contributed by atoms with Gasteiger partial charge >= 0.3 is 20.7 Å². The van der Waals surface area contributed by atoms with E-state index in [-0.39, 0.29) is 10.4 Å². The third-order valence-electron chi connectivity index (χ3n) is 9.95. The lowest BCUT2D eigenvalue weighted by Gasteiger charge is -2.46. The van der Waals surface area contributed by atoms with Gasteiger partial charge in [0.25, 0.3) is 0 Å². The lowest BCUT2D eigenvalue weighted by Crippen LogP contribution is -2.81. The lowest BCUT2D eigenvalue weighted by molar-refractivity contribution is -0.0582. The standard InChI is InChI=1S/C40H44F6N2Si2/c1-21-13-25(5)33(26(6)14-21)49(34-27(7)15-22(2)16-28(34)8)37(39(41,42)43)47-50(48-38(49)40(44,45)46,35-29(9)17-23(3)18-30(35)10)36-31(11)19-24(4)20-32(36)12/h13-20H,1-12H3. The van der Waals surface area contributed by atoms with E-state index in [9.17, 15) is 0 Å². The molecule has 1 aliphatic heterocycles. The zero-order valence-electron chi connectivity index (χ0n) is 30.8. The molecule has 4 aromatic rings. The summed E-state index contributed by atoms with van der Waals surface area (Å²) < 4.78 is 109. The van der Waals surface area contributed by atoms with Crippen molar-refractivity contribution in [2.45, 2.75) is 95.4 Å². The number of hydrogen-bond donors (Lipinski definition) is 0. The number of rotatable bonds is 4. The van der Waals surface area contributed by atoms with E-state index in [1.165, 1.54) is 0 Å². The highest BCUT2D eigenvalue weighted by atomic mass is 28.4. The molecular weight excluding hydrogens is 679 g/mol. The van der Waals surface area contributed by atoms with E-state index in [0.29, 0.717) is 54.9 Å². The van der Waals surface area contributed by atoms with Gasteiger partial charge in [-0.25, -0.2) is 0 Å². The van der Waals surface area contributed by atoms with Crippen LogP contribution >= 0.6 is 0 Å². The molecule has 0 spiro atoms. The predicted octanol–water partition coefficient (Wildman–Crippen LogP) is 8.31. The van der Waals surface area contributed by atoms with E-state index >= 15 is 26.3 Å². The maximum atomic E-state index is 16.5. The van der Waals surface area contributed by atoms with Crippen LogP contribution in [0, 0.1) is 83.1 Å². The van der Waals surface area contributed by atoms with Gasteiger partial charge < -0.3 is 0 Å². The molecular formula is C40H44F6N2Si2. The van der Waals surface area contributed by atoms with Crippen molar-refractivity contribution >= 4 is 47.9 Å². The molecule has 1 aliphatic rings. The molecule has 0 N–H and O–H groups in total. The maximum Gasteiger partial charge on any atom is 0.425 e. The predicted molar refractivity (Wildman–Crippen MR) is 200 cm³/mol. The highest BCUT2D eigenvalue weighted by Gasteiger charge is 2.69. The van der Waals surface area contributed by atoms with Crippen molar-refractivity contribution in [1.29, 1.82) is 0 Å². The van der Waals surface area contributed by atoms with Gasteiger partial charge in [0.1, 0.15) is 10.7 Å². The SMILES string of the molecule is Cc1cc(C)c([Si]2(c3c(C)cc(C)cc3C)N=C(C(F)(F)F)[Si](c3c(C)cc(C)cc3C)(c3c(C)cc(C)cc3C)C(C(F)(F)F)=N2)c(C)c1. The van der Waals surface area contributed by atoms with E-state index < -0.39 is 39.5 Å². The summed E-state index contributed by atoms with van der Waals surface area (Å²) in [6.07, 6.45) is -10.5. The van der Waals surface area contributed by atoms with E-state index in [1.54, 1.807) is 93.5 Å². The molecule has 10 heteroatoms. The number of hydrogen-bond acceptors (Lipinski definition) is 2. The first-order chi connectivity index (χ1) is 23.0. The van der Waals surface area contributed by atoms with Crippen molar-refractivity contribution in [3.63, 3.8) is 0 Å². The van der Waals surface area contributed by atoms with Gasteiger partial charge in [0, 0.05) is 0 Å². The summed E-state index contributed by atoms with van der Waals surface area (Å²) in [6, 6.07) is 14.0. The monoisotopic (exact) mass is 722 g/mol. The Balaban J connectivity index is 2.23. The minimum atomic E-state index is -5.35. The molecule has 264 valence electrons. The Bertz CT molecular complexity index is 1880. The van der Waals surface area contributed by atoms with E-state index in [2.05, 4.69) is 0 Å². The summed E-state index contributed by atoms with van der Waals surface area (Å²) in [7, 11) is -10.0. The number of alkyl halides is 6. The van der Waals surface area contributed by atoms with E-state index in [0.717, 1.165) is 22.3 Å². The van der Waals surface area contributed by atoms with Crippen LogP contribution in [0.5, 0.6) is 0 Å². The van der Waals surface area contributed by atoms with Gasteiger partial charge in [-0.3, -0.25) is 9.32 Å². The minimum absolute atomic E-state index is 0.0441. The smallest absolute Gasteiger partial charge is 0.290 e. The molecule has 0 saturated carbocycles. The second kappa shape index (κ2) is 12.5. The van der Waals surface area contributed by atoms with E-state index in [4.69, 9.17) is 9.32 Å². The Morgan fingerprint density at radius 2 is 0.560 bits per heavy atom. The summed E-state index contributed by atoms with van der Waals surface area (Å²) >= 11 is 0. The highest BCUT2D eigenvalue weighted by molar-refractivity contribution is 7.42. The summed E-state index contributed by atoms with van der Waals surface area (Å²) in [5.74, 6) is 0. The van der Waals surface area contributed by atoms with Gasteiger partial charge in [-0.2, -0.15) is 26.3 Å². The quantitative estimate of drug-likeness (QED) is 0.150. The van der Waals surface area contributed by atoms with Crippen LogP contribution in [0.3, 0.4) is 0 Å². The average molecular weight is 723 g/mol. The van der Waals surface area contributed by atoms with Gasteiger partial charge in [0.05, 0.1) is 0 Å². The molecule has 0 aromatic heterocycles. The molecule has 0 bridgehead atoms. The number of halogens is 6. The van der Waals surface area contributed by atoms with Gasteiger partial charge in [-0.15, -0.1) is 0 Å². The molecule has 4 aromatic carbocycles. The Labute approximate surface area is 293 Å². The fourth-order valence-electron chi connectivity index (χ4n) is 9.13. The minimum Gasteiger partial charge on any atom is -0.290 e. The highest BCUT2D eigenvalue weighted by Crippen LogP contribution is 2.39. The van der Waals surface area contributed by atoms with Crippen LogP contribution in [-0.4, -0.2) is 39.5 Å². The summed E-state index contributed by atoms with van der Waals surface area (Å²) in [4.78, 5) is 0. The Hall–Kier alpha value is -3.77.